The SMILES string of the molecule is CC(C)c1noc(CCNC(=O)Nc2nnc(-c3cccs3)s2)n1. The summed E-state index contributed by atoms with van der Waals surface area (Å²) in [5.41, 5.74) is 0. The van der Waals surface area contributed by atoms with Gasteiger partial charge >= 0.3 is 6.03 Å². The molecule has 0 aliphatic carbocycles. The van der Waals surface area contributed by atoms with Crippen LogP contribution in [0, 0.1) is 0 Å². The summed E-state index contributed by atoms with van der Waals surface area (Å²) in [7, 11) is 0. The van der Waals surface area contributed by atoms with Crippen LogP contribution in [0.1, 0.15) is 31.5 Å². The van der Waals surface area contributed by atoms with Crippen LogP contribution in [-0.2, 0) is 6.42 Å². The van der Waals surface area contributed by atoms with E-state index in [1.165, 1.54) is 11.3 Å². The van der Waals surface area contributed by atoms with Crippen molar-refractivity contribution in [3.05, 3.63) is 29.2 Å². The van der Waals surface area contributed by atoms with Crippen LogP contribution in [0.3, 0.4) is 0 Å². The number of anilines is 1. The van der Waals surface area contributed by atoms with Gasteiger partial charge in [0.15, 0.2) is 10.8 Å². The maximum absolute atomic E-state index is 11.9. The first kappa shape index (κ1) is 16.5. The third-order valence-corrected chi connectivity index (χ3v) is 4.88. The topological polar surface area (TPSA) is 106 Å². The second-order valence-electron chi connectivity index (χ2n) is 5.22. The first-order valence-electron chi connectivity index (χ1n) is 7.36. The lowest BCUT2D eigenvalue weighted by Gasteiger charge is -2.02. The van der Waals surface area contributed by atoms with Crippen molar-refractivity contribution in [2.75, 3.05) is 11.9 Å². The Balaban J connectivity index is 1.45. The average molecular weight is 364 g/mol. The van der Waals surface area contributed by atoms with Crippen LogP contribution in [0.2, 0.25) is 0 Å². The van der Waals surface area contributed by atoms with Crippen molar-refractivity contribution in [3.63, 3.8) is 0 Å². The van der Waals surface area contributed by atoms with Crippen molar-refractivity contribution in [1.29, 1.82) is 0 Å². The van der Waals surface area contributed by atoms with Gasteiger partial charge in [-0.05, 0) is 11.4 Å². The third-order valence-electron chi connectivity index (χ3n) is 3.00. The monoisotopic (exact) mass is 364 g/mol. The molecular weight excluding hydrogens is 348 g/mol. The third kappa shape index (κ3) is 4.15. The molecule has 2 amide bonds. The van der Waals surface area contributed by atoms with Crippen LogP contribution in [0.25, 0.3) is 9.88 Å². The Morgan fingerprint density at radius 1 is 1.38 bits per heavy atom. The fourth-order valence-corrected chi connectivity index (χ4v) is 3.33. The molecule has 10 heteroatoms. The van der Waals surface area contributed by atoms with Gasteiger partial charge in [0.2, 0.25) is 11.0 Å². The van der Waals surface area contributed by atoms with Crippen LogP contribution in [-0.4, -0.2) is 32.9 Å². The molecular formula is C14H16N6O2S2. The van der Waals surface area contributed by atoms with E-state index in [0.29, 0.717) is 29.8 Å². The fourth-order valence-electron chi connectivity index (χ4n) is 1.80. The van der Waals surface area contributed by atoms with E-state index in [4.69, 9.17) is 4.52 Å². The summed E-state index contributed by atoms with van der Waals surface area (Å²) in [6.45, 7) is 4.38. The molecule has 0 atom stereocenters. The van der Waals surface area contributed by atoms with Crippen LogP contribution >= 0.6 is 22.7 Å². The molecule has 0 spiro atoms. The predicted octanol–water partition coefficient (Wildman–Crippen LogP) is 3.14. The summed E-state index contributed by atoms with van der Waals surface area (Å²) in [6.07, 6.45) is 0.476. The van der Waals surface area contributed by atoms with Crippen molar-refractivity contribution in [2.24, 2.45) is 0 Å². The number of aromatic nitrogens is 4. The van der Waals surface area contributed by atoms with E-state index in [1.54, 1.807) is 11.3 Å². The Morgan fingerprint density at radius 3 is 2.96 bits per heavy atom. The molecule has 0 fully saturated rings. The molecule has 24 heavy (non-hydrogen) atoms. The van der Waals surface area contributed by atoms with E-state index in [1.807, 2.05) is 31.4 Å². The molecule has 8 nitrogen and oxygen atoms in total. The zero-order chi connectivity index (χ0) is 16.9. The molecule has 3 aromatic rings. The molecule has 0 saturated carbocycles. The Bertz CT molecular complexity index is 796. The molecule has 126 valence electrons. The number of nitrogens with zero attached hydrogens (tertiary/aromatic N) is 4. The Hall–Kier alpha value is -2.33. The van der Waals surface area contributed by atoms with Crippen LogP contribution in [0.15, 0.2) is 22.0 Å². The number of carbonyl (C=O) groups is 1. The molecule has 0 aliphatic heterocycles. The molecule has 0 aliphatic rings. The molecule has 3 rings (SSSR count). The number of nitrogens with one attached hydrogen (secondary N) is 2. The highest BCUT2D eigenvalue weighted by molar-refractivity contribution is 7.23. The van der Waals surface area contributed by atoms with Crippen molar-refractivity contribution in [3.8, 4) is 9.88 Å². The highest BCUT2D eigenvalue weighted by Crippen LogP contribution is 2.29. The van der Waals surface area contributed by atoms with Gasteiger partial charge in [-0.3, -0.25) is 5.32 Å². The number of hydrogen-bond acceptors (Lipinski definition) is 8. The lowest BCUT2D eigenvalue weighted by molar-refractivity contribution is 0.251. The van der Waals surface area contributed by atoms with Crippen LogP contribution in [0.5, 0.6) is 0 Å². The van der Waals surface area contributed by atoms with Gasteiger partial charge in [0, 0.05) is 18.9 Å². The minimum Gasteiger partial charge on any atom is -0.339 e. The number of thiophene rings is 1. The van der Waals surface area contributed by atoms with Crippen molar-refractivity contribution in [2.45, 2.75) is 26.2 Å². The van der Waals surface area contributed by atoms with E-state index in [9.17, 15) is 4.79 Å². The van der Waals surface area contributed by atoms with E-state index < -0.39 is 0 Å². The summed E-state index contributed by atoms with van der Waals surface area (Å²) in [5, 5.41) is 20.5. The summed E-state index contributed by atoms with van der Waals surface area (Å²) in [5.74, 6) is 1.40. The highest BCUT2D eigenvalue weighted by atomic mass is 32.1. The van der Waals surface area contributed by atoms with E-state index in [-0.39, 0.29) is 11.9 Å². The van der Waals surface area contributed by atoms with Crippen LogP contribution < -0.4 is 10.6 Å². The molecule has 0 unspecified atom stereocenters. The maximum Gasteiger partial charge on any atom is 0.321 e. The lowest BCUT2D eigenvalue weighted by atomic mass is 10.2. The summed E-state index contributed by atoms with van der Waals surface area (Å²) in [6, 6.07) is 3.57. The molecule has 0 bridgehead atoms. The average Bonchev–Trinajstić information content (AvgIpc) is 3.28. The standard InChI is InChI=1S/C14H16N6O2S2/c1-8(2)11-16-10(22-20-11)5-6-15-13(21)17-14-19-18-12(24-14)9-4-3-7-23-9/h3-4,7-8H,5-6H2,1-2H3,(H2,15,17,19,21). The van der Waals surface area contributed by atoms with Gasteiger partial charge < -0.3 is 9.84 Å². The summed E-state index contributed by atoms with van der Waals surface area (Å²) in [4.78, 5) is 17.1. The van der Waals surface area contributed by atoms with Gasteiger partial charge in [-0.1, -0.05) is 36.4 Å². The summed E-state index contributed by atoms with van der Waals surface area (Å²) < 4.78 is 5.12. The van der Waals surface area contributed by atoms with Crippen LogP contribution in [0.4, 0.5) is 9.93 Å². The first-order chi connectivity index (χ1) is 11.6. The molecule has 3 heterocycles. The highest BCUT2D eigenvalue weighted by Gasteiger charge is 2.12. The normalized spacial score (nSPS) is 11.0. The number of carbonyl (C=O) groups excluding carboxylic acids is 1. The minimum atomic E-state index is -0.340. The second-order valence-corrected chi connectivity index (χ2v) is 7.15. The largest absolute Gasteiger partial charge is 0.339 e. The fraction of sp³-hybridized carbons (Fsp3) is 0.357. The lowest BCUT2D eigenvalue weighted by Crippen LogP contribution is -2.30. The Morgan fingerprint density at radius 2 is 2.25 bits per heavy atom. The van der Waals surface area contributed by atoms with E-state index >= 15 is 0 Å². The zero-order valence-electron chi connectivity index (χ0n) is 13.1. The van der Waals surface area contributed by atoms with E-state index in [0.717, 1.165) is 9.88 Å². The molecule has 3 aromatic heterocycles. The minimum absolute atomic E-state index is 0.216. The summed E-state index contributed by atoms with van der Waals surface area (Å²) >= 11 is 2.91. The van der Waals surface area contributed by atoms with Gasteiger partial charge in [0.05, 0.1) is 4.88 Å². The molecule has 0 aromatic carbocycles. The number of urea groups is 1. The number of rotatable bonds is 6. The van der Waals surface area contributed by atoms with Crippen molar-refractivity contribution >= 4 is 33.8 Å². The predicted molar refractivity (Wildman–Crippen MR) is 92.3 cm³/mol. The smallest absolute Gasteiger partial charge is 0.321 e. The van der Waals surface area contributed by atoms with Gasteiger partial charge in [-0.25, -0.2) is 4.79 Å². The quantitative estimate of drug-likeness (QED) is 0.696. The van der Waals surface area contributed by atoms with Gasteiger partial charge in [0.25, 0.3) is 0 Å². The van der Waals surface area contributed by atoms with E-state index in [2.05, 4.69) is 31.0 Å². The Labute approximate surface area is 146 Å². The van der Waals surface area contributed by atoms with Gasteiger partial charge in [-0.2, -0.15) is 4.98 Å². The Kier molecular flexibility index (Phi) is 5.16. The number of amides is 2. The second kappa shape index (κ2) is 7.49. The van der Waals surface area contributed by atoms with Gasteiger partial charge in [-0.15, -0.1) is 21.5 Å². The molecule has 0 radical (unpaired) electrons. The van der Waals surface area contributed by atoms with Crippen molar-refractivity contribution < 1.29 is 9.32 Å². The van der Waals surface area contributed by atoms with Crippen molar-refractivity contribution in [1.82, 2.24) is 25.7 Å². The first-order valence-corrected chi connectivity index (χ1v) is 9.06. The maximum atomic E-state index is 11.9. The molecule has 2 N–H and O–H groups in total. The molecule has 0 saturated heterocycles. The zero-order valence-corrected chi connectivity index (χ0v) is 14.8. The number of hydrogen-bond donors (Lipinski definition) is 2. The van der Waals surface area contributed by atoms with Gasteiger partial charge in [0.1, 0.15) is 0 Å².